The van der Waals surface area contributed by atoms with Gasteiger partial charge < -0.3 is 9.84 Å². The zero-order valence-electron chi connectivity index (χ0n) is 6.32. The zero-order chi connectivity index (χ0) is 7.84. The maximum atomic E-state index is 10.6. The Kier molecular flexibility index (Phi) is 1.60. The summed E-state index contributed by atoms with van der Waals surface area (Å²) in [4.78, 5) is 10.6. The van der Waals surface area contributed by atoms with Crippen LogP contribution in [0.5, 0.6) is 0 Å². The van der Waals surface area contributed by atoms with E-state index in [1.54, 1.807) is 0 Å². The molecule has 3 heteroatoms. The lowest BCUT2D eigenvalue weighted by Gasteiger charge is -2.40. The van der Waals surface area contributed by atoms with Crippen molar-refractivity contribution in [1.29, 1.82) is 0 Å². The predicted octanol–water partition coefficient (Wildman–Crippen LogP) is 1.03. The monoisotopic (exact) mass is 156 g/mol. The lowest BCUT2D eigenvalue weighted by molar-refractivity contribution is -0.176. The number of aliphatic carboxylic acids is 1. The number of fused-ring (bicyclic) bond motifs is 3. The Labute approximate surface area is 65.4 Å². The maximum absolute atomic E-state index is 10.6. The molecular weight excluding hydrogens is 144 g/mol. The summed E-state index contributed by atoms with van der Waals surface area (Å²) in [7, 11) is 0. The van der Waals surface area contributed by atoms with E-state index in [0.717, 1.165) is 25.7 Å². The van der Waals surface area contributed by atoms with Crippen molar-refractivity contribution in [2.45, 2.75) is 37.9 Å². The van der Waals surface area contributed by atoms with Gasteiger partial charge in [-0.15, -0.1) is 0 Å². The van der Waals surface area contributed by atoms with Crippen LogP contribution in [-0.4, -0.2) is 23.3 Å². The predicted molar refractivity (Wildman–Crippen MR) is 38.3 cm³/mol. The van der Waals surface area contributed by atoms with Gasteiger partial charge in [-0.25, -0.2) is 4.79 Å². The second kappa shape index (κ2) is 2.48. The highest BCUT2D eigenvalue weighted by Crippen LogP contribution is 2.37. The highest BCUT2D eigenvalue weighted by molar-refractivity contribution is 5.73. The summed E-state index contributed by atoms with van der Waals surface area (Å²) in [5.74, 6) is -0.489. The summed E-state index contributed by atoms with van der Waals surface area (Å²) in [5, 5.41) is 8.74. The molecule has 2 bridgehead atoms. The highest BCUT2D eigenvalue weighted by atomic mass is 16.5. The van der Waals surface area contributed by atoms with E-state index in [1.807, 2.05) is 0 Å². The van der Waals surface area contributed by atoms with E-state index < -0.39 is 12.1 Å². The van der Waals surface area contributed by atoms with Gasteiger partial charge in [-0.05, 0) is 31.6 Å². The summed E-state index contributed by atoms with van der Waals surface area (Å²) in [6.45, 7) is 0. The molecule has 0 aromatic heterocycles. The van der Waals surface area contributed by atoms with Crippen molar-refractivity contribution >= 4 is 5.97 Å². The first-order chi connectivity index (χ1) is 5.27. The van der Waals surface area contributed by atoms with Gasteiger partial charge in [0.05, 0.1) is 6.10 Å². The number of ether oxygens (including phenoxy) is 1. The Morgan fingerprint density at radius 3 is 2.18 bits per heavy atom. The van der Waals surface area contributed by atoms with Crippen LogP contribution in [-0.2, 0) is 9.53 Å². The van der Waals surface area contributed by atoms with Gasteiger partial charge >= 0.3 is 5.97 Å². The van der Waals surface area contributed by atoms with Crippen molar-refractivity contribution in [3.8, 4) is 0 Å². The number of hydrogen-bond donors (Lipinski definition) is 1. The average Bonchev–Trinajstić information content (AvgIpc) is 2.06. The van der Waals surface area contributed by atoms with Crippen LogP contribution < -0.4 is 0 Å². The molecule has 0 spiro atoms. The molecule has 62 valence electrons. The molecule has 0 amide bonds. The maximum Gasteiger partial charge on any atom is 0.333 e. The molecule has 1 saturated carbocycles. The fraction of sp³-hybridized carbons (Fsp3) is 0.875. The van der Waals surface area contributed by atoms with Crippen molar-refractivity contribution in [3.63, 3.8) is 0 Å². The topological polar surface area (TPSA) is 46.5 Å². The van der Waals surface area contributed by atoms with E-state index in [4.69, 9.17) is 9.84 Å². The van der Waals surface area contributed by atoms with Gasteiger partial charge in [0.2, 0.25) is 0 Å². The standard InChI is InChI=1S/C8H12O3/c9-8(10)7-5-1-3-6(11-7)4-2-5/h5-7H,1-4H2,(H,9,10). The van der Waals surface area contributed by atoms with Crippen molar-refractivity contribution in [3.05, 3.63) is 0 Å². The number of rotatable bonds is 1. The molecule has 0 aromatic rings. The van der Waals surface area contributed by atoms with E-state index in [9.17, 15) is 4.79 Å². The average molecular weight is 156 g/mol. The summed E-state index contributed by atoms with van der Waals surface area (Å²) in [5.41, 5.74) is 0. The van der Waals surface area contributed by atoms with Crippen LogP contribution in [0.1, 0.15) is 25.7 Å². The third-order valence-corrected chi connectivity index (χ3v) is 2.73. The van der Waals surface area contributed by atoms with E-state index in [0.29, 0.717) is 0 Å². The van der Waals surface area contributed by atoms with Gasteiger partial charge in [0.1, 0.15) is 0 Å². The molecule has 3 nitrogen and oxygen atoms in total. The van der Waals surface area contributed by atoms with E-state index >= 15 is 0 Å². The molecule has 2 saturated heterocycles. The van der Waals surface area contributed by atoms with Crippen LogP contribution in [0.15, 0.2) is 0 Å². The molecule has 0 aromatic carbocycles. The normalized spacial score (nSPS) is 42.4. The molecule has 3 rings (SSSR count). The highest BCUT2D eigenvalue weighted by Gasteiger charge is 2.40. The molecule has 1 aliphatic carbocycles. The molecule has 3 fully saturated rings. The second-order valence-corrected chi connectivity index (χ2v) is 3.43. The summed E-state index contributed by atoms with van der Waals surface area (Å²) in [6, 6.07) is 0. The second-order valence-electron chi connectivity index (χ2n) is 3.43. The molecule has 2 aliphatic heterocycles. The Hall–Kier alpha value is -0.570. The van der Waals surface area contributed by atoms with Crippen LogP contribution in [0.3, 0.4) is 0 Å². The lowest BCUT2D eigenvalue weighted by atomic mass is 9.80. The quantitative estimate of drug-likeness (QED) is 0.616. The molecule has 1 N–H and O–H groups in total. The van der Waals surface area contributed by atoms with E-state index in [1.165, 1.54) is 0 Å². The number of carboxylic acid groups (broad SMARTS) is 1. The Balaban J connectivity index is 2.08. The molecule has 11 heavy (non-hydrogen) atoms. The largest absolute Gasteiger partial charge is 0.479 e. The molecule has 1 unspecified atom stereocenters. The lowest BCUT2D eigenvalue weighted by Crippen LogP contribution is -2.45. The SMILES string of the molecule is O=C(O)C1OC2CCC1CC2. The first-order valence-corrected chi connectivity index (χ1v) is 4.15. The minimum Gasteiger partial charge on any atom is -0.479 e. The Morgan fingerprint density at radius 2 is 1.91 bits per heavy atom. The first-order valence-electron chi connectivity index (χ1n) is 4.15. The van der Waals surface area contributed by atoms with Gasteiger partial charge in [0.25, 0.3) is 0 Å². The summed E-state index contributed by atoms with van der Waals surface area (Å²) < 4.78 is 5.35. The fourth-order valence-electron chi connectivity index (χ4n) is 2.11. The zero-order valence-corrected chi connectivity index (χ0v) is 6.32. The van der Waals surface area contributed by atoms with Crippen molar-refractivity contribution < 1.29 is 14.6 Å². The smallest absolute Gasteiger partial charge is 0.333 e. The minimum atomic E-state index is -0.778. The number of hydrogen-bond acceptors (Lipinski definition) is 2. The molecule has 1 atom stereocenters. The molecular formula is C8H12O3. The van der Waals surface area contributed by atoms with Crippen molar-refractivity contribution in [2.24, 2.45) is 5.92 Å². The summed E-state index contributed by atoms with van der Waals surface area (Å²) in [6.07, 6.45) is 3.95. The summed E-state index contributed by atoms with van der Waals surface area (Å²) >= 11 is 0. The van der Waals surface area contributed by atoms with Crippen LogP contribution in [0.2, 0.25) is 0 Å². The van der Waals surface area contributed by atoms with Gasteiger partial charge in [0.15, 0.2) is 6.10 Å². The molecule has 3 aliphatic rings. The van der Waals surface area contributed by atoms with Crippen molar-refractivity contribution in [2.75, 3.05) is 0 Å². The number of carboxylic acids is 1. The van der Waals surface area contributed by atoms with E-state index in [-0.39, 0.29) is 12.0 Å². The van der Waals surface area contributed by atoms with Crippen LogP contribution in [0.25, 0.3) is 0 Å². The third kappa shape index (κ3) is 1.13. The van der Waals surface area contributed by atoms with Gasteiger partial charge in [0, 0.05) is 0 Å². The van der Waals surface area contributed by atoms with Gasteiger partial charge in [-0.3, -0.25) is 0 Å². The fourth-order valence-corrected chi connectivity index (χ4v) is 2.11. The third-order valence-electron chi connectivity index (χ3n) is 2.73. The molecule has 0 radical (unpaired) electrons. The van der Waals surface area contributed by atoms with Crippen molar-refractivity contribution in [1.82, 2.24) is 0 Å². The van der Waals surface area contributed by atoms with Gasteiger partial charge in [-0.2, -0.15) is 0 Å². The molecule has 2 heterocycles. The first kappa shape index (κ1) is 7.10. The Morgan fingerprint density at radius 1 is 1.27 bits per heavy atom. The van der Waals surface area contributed by atoms with Crippen LogP contribution in [0.4, 0.5) is 0 Å². The number of carbonyl (C=O) groups is 1. The van der Waals surface area contributed by atoms with Crippen LogP contribution >= 0.6 is 0 Å². The van der Waals surface area contributed by atoms with E-state index in [2.05, 4.69) is 0 Å². The van der Waals surface area contributed by atoms with Gasteiger partial charge in [-0.1, -0.05) is 0 Å². The minimum absolute atomic E-state index is 0.237. The Bertz CT molecular complexity index is 170. The van der Waals surface area contributed by atoms with Crippen LogP contribution in [0, 0.1) is 5.92 Å².